The fraction of sp³-hybridized carbons (Fsp3) is 0.219. The molecule has 1 aromatic heterocycles. The minimum Gasteiger partial charge on any atom is -0.490 e. The minimum atomic E-state index is -0.873. The Morgan fingerprint density at radius 3 is 2.34 bits per heavy atom. The van der Waals surface area contributed by atoms with Gasteiger partial charge in [0, 0.05) is 5.56 Å². The summed E-state index contributed by atoms with van der Waals surface area (Å²) < 4.78 is 32.7. The summed E-state index contributed by atoms with van der Waals surface area (Å²) >= 11 is 1.21. The van der Waals surface area contributed by atoms with Gasteiger partial charge in [-0.05, 0) is 62.2 Å². The Hall–Kier alpha value is -4.50. The van der Waals surface area contributed by atoms with Crippen LogP contribution in [0.2, 0.25) is 0 Å². The van der Waals surface area contributed by atoms with Gasteiger partial charge in [-0.15, -0.1) is 0 Å². The number of aromatic nitrogens is 1. The highest BCUT2D eigenvalue weighted by Crippen LogP contribution is 2.35. The summed E-state index contributed by atoms with van der Waals surface area (Å²) in [6, 6.07) is 19.7. The fourth-order valence-electron chi connectivity index (χ4n) is 4.71. The molecule has 9 heteroatoms. The monoisotopic (exact) mass is 572 g/mol. The molecular weight excluding hydrogens is 543 g/mol. The first kappa shape index (κ1) is 28.0. The zero-order valence-electron chi connectivity index (χ0n) is 22.9. The molecule has 1 atom stereocenters. The smallest absolute Gasteiger partial charge is 0.338 e. The number of hydrogen-bond donors (Lipinski definition) is 0. The molecule has 210 valence electrons. The summed E-state index contributed by atoms with van der Waals surface area (Å²) in [6.07, 6.45) is 1.76. The number of rotatable bonds is 9. The Morgan fingerprint density at radius 1 is 0.951 bits per heavy atom. The number of halogens is 1. The van der Waals surface area contributed by atoms with E-state index < -0.39 is 17.8 Å². The molecule has 0 saturated heterocycles. The van der Waals surface area contributed by atoms with Crippen molar-refractivity contribution < 1.29 is 23.4 Å². The van der Waals surface area contributed by atoms with Gasteiger partial charge in [-0.3, -0.25) is 9.36 Å². The molecule has 0 amide bonds. The highest BCUT2D eigenvalue weighted by Gasteiger charge is 2.35. The molecule has 1 aliphatic heterocycles. The average Bonchev–Trinajstić information content (AvgIpc) is 3.29. The Morgan fingerprint density at radius 2 is 1.66 bits per heavy atom. The van der Waals surface area contributed by atoms with Crippen LogP contribution in [-0.2, 0) is 9.53 Å². The zero-order chi connectivity index (χ0) is 28.9. The Labute approximate surface area is 240 Å². The lowest BCUT2D eigenvalue weighted by molar-refractivity contribution is -0.138. The molecule has 3 aromatic carbocycles. The lowest BCUT2D eigenvalue weighted by atomic mass is 9.93. The van der Waals surface area contributed by atoms with E-state index in [0.29, 0.717) is 50.9 Å². The van der Waals surface area contributed by atoms with Crippen LogP contribution in [0.15, 0.2) is 88.2 Å². The van der Waals surface area contributed by atoms with Crippen molar-refractivity contribution in [2.24, 2.45) is 4.99 Å². The first-order valence-electron chi connectivity index (χ1n) is 13.4. The van der Waals surface area contributed by atoms with Crippen molar-refractivity contribution in [3.63, 3.8) is 0 Å². The second kappa shape index (κ2) is 12.3. The Balaban J connectivity index is 1.76. The summed E-state index contributed by atoms with van der Waals surface area (Å²) in [6.45, 7) is 6.61. The maximum absolute atomic E-state index is 14.0. The molecule has 0 spiro atoms. The third kappa shape index (κ3) is 5.71. The summed E-state index contributed by atoms with van der Waals surface area (Å²) in [5.41, 5.74) is 2.30. The maximum atomic E-state index is 14.0. The quantitative estimate of drug-likeness (QED) is 0.268. The van der Waals surface area contributed by atoms with E-state index in [-0.39, 0.29) is 17.7 Å². The number of carbonyl (C=O) groups is 1. The van der Waals surface area contributed by atoms with E-state index in [1.54, 1.807) is 25.1 Å². The number of carbonyl (C=O) groups excluding carboxylic acids is 1. The van der Waals surface area contributed by atoms with Crippen molar-refractivity contribution in [3.05, 3.63) is 121 Å². The van der Waals surface area contributed by atoms with Crippen molar-refractivity contribution in [2.75, 3.05) is 19.8 Å². The van der Waals surface area contributed by atoms with Crippen LogP contribution in [0.5, 0.6) is 11.5 Å². The third-order valence-corrected chi connectivity index (χ3v) is 7.41. The highest BCUT2D eigenvalue weighted by atomic mass is 32.1. The maximum Gasteiger partial charge on any atom is 0.338 e. The van der Waals surface area contributed by atoms with E-state index in [4.69, 9.17) is 19.2 Å². The standard InChI is InChI=1S/C32H29FN2O5S/c1-4-38-24-17-12-20(18-25(24)39-5-2)19-26-30(36)35-29(22-13-15-23(33)16-14-22)27(31(37)40-6-3)28(34-32(35)41-26)21-10-8-7-9-11-21/h7-19,29H,4-6H2,1-3H3/b26-19-/t29-/m1/s1. The predicted octanol–water partition coefficient (Wildman–Crippen LogP) is 4.87. The van der Waals surface area contributed by atoms with E-state index in [1.165, 1.54) is 28.0 Å². The molecule has 0 aliphatic carbocycles. The molecule has 0 fully saturated rings. The molecule has 5 rings (SSSR count). The number of ether oxygens (including phenoxy) is 3. The van der Waals surface area contributed by atoms with Crippen molar-refractivity contribution >= 4 is 29.1 Å². The molecule has 0 bridgehead atoms. The van der Waals surface area contributed by atoms with Gasteiger partial charge < -0.3 is 14.2 Å². The molecule has 0 saturated carbocycles. The van der Waals surface area contributed by atoms with E-state index in [2.05, 4.69) is 0 Å². The second-order valence-corrected chi connectivity index (χ2v) is 10.1. The molecule has 1 aliphatic rings. The summed E-state index contributed by atoms with van der Waals surface area (Å²) in [5.74, 6) is 0.185. The van der Waals surface area contributed by atoms with E-state index >= 15 is 0 Å². The van der Waals surface area contributed by atoms with Gasteiger partial charge in [-0.2, -0.15) is 0 Å². The summed E-state index contributed by atoms with van der Waals surface area (Å²) in [4.78, 5) is 32.7. The topological polar surface area (TPSA) is 79.1 Å². The molecular formula is C32H29FN2O5S. The molecule has 4 aromatic rings. The molecule has 0 unspecified atom stereocenters. The van der Waals surface area contributed by atoms with Gasteiger partial charge in [0.2, 0.25) is 0 Å². The SMILES string of the molecule is CCOC(=O)C1=C(c2ccccc2)N=c2s/c(=C\c3ccc(OCC)c(OCC)c3)c(=O)n2[C@@H]1c1ccc(F)cc1. The van der Waals surface area contributed by atoms with Gasteiger partial charge in [-0.1, -0.05) is 59.9 Å². The van der Waals surface area contributed by atoms with Crippen molar-refractivity contribution in [1.29, 1.82) is 0 Å². The van der Waals surface area contributed by atoms with E-state index in [0.717, 1.165) is 5.56 Å². The van der Waals surface area contributed by atoms with Gasteiger partial charge in [0.1, 0.15) is 5.82 Å². The van der Waals surface area contributed by atoms with E-state index in [9.17, 15) is 14.0 Å². The molecule has 7 nitrogen and oxygen atoms in total. The minimum absolute atomic E-state index is 0.144. The predicted molar refractivity (Wildman–Crippen MR) is 156 cm³/mol. The second-order valence-electron chi connectivity index (χ2n) is 9.06. The van der Waals surface area contributed by atoms with Crippen LogP contribution in [0.4, 0.5) is 4.39 Å². The Bertz CT molecular complexity index is 1780. The lowest BCUT2D eigenvalue weighted by Gasteiger charge is -2.25. The normalized spacial score (nSPS) is 14.8. The number of esters is 1. The molecule has 0 radical (unpaired) electrons. The van der Waals surface area contributed by atoms with Crippen molar-refractivity contribution in [3.8, 4) is 11.5 Å². The lowest BCUT2D eigenvalue weighted by Crippen LogP contribution is -2.40. The van der Waals surface area contributed by atoms with Crippen LogP contribution in [0, 0.1) is 5.82 Å². The van der Waals surface area contributed by atoms with Crippen LogP contribution in [0.25, 0.3) is 11.8 Å². The van der Waals surface area contributed by atoms with Gasteiger partial charge in [0.25, 0.3) is 5.56 Å². The third-order valence-electron chi connectivity index (χ3n) is 6.42. The van der Waals surface area contributed by atoms with Crippen molar-refractivity contribution in [2.45, 2.75) is 26.8 Å². The van der Waals surface area contributed by atoms with Crippen LogP contribution >= 0.6 is 11.3 Å². The van der Waals surface area contributed by atoms with Gasteiger partial charge >= 0.3 is 5.97 Å². The zero-order valence-corrected chi connectivity index (χ0v) is 23.7. The van der Waals surface area contributed by atoms with Crippen LogP contribution < -0.4 is 24.4 Å². The number of fused-ring (bicyclic) bond motifs is 1. The summed E-state index contributed by atoms with van der Waals surface area (Å²) in [7, 11) is 0. The van der Waals surface area contributed by atoms with Gasteiger partial charge in [0.05, 0.1) is 41.7 Å². The fourth-order valence-corrected chi connectivity index (χ4v) is 5.71. The highest BCUT2D eigenvalue weighted by molar-refractivity contribution is 7.07. The first-order chi connectivity index (χ1) is 19.9. The molecule has 0 N–H and O–H groups in total. The molecule has 41 heavy (non-hydrogen) atoms. The number of hydrogen-bond acceptors (Lipinski definition) is 7. The summed E-state index contributed by atoms with van der Waals surface area (Å²) in [5, 5.41) is 0. The number of thiazole rings is 1. The largest absolute Gasteiger partial charge is 0.490 e. The van der Waals surface area contributed by atoms with Crippen LogP contribution in [0.1, 0.15) is 43.5 Å². The number of benzene rings is 3. The van der Waals surface area contributed by atoms with E-state index in [1.807, 2.05) is 62.4 Å². The van der Waals surface area contributed by atoms with Crippen LogP contribution in [-0.4, -0.2) is 30.4 Å². The van der Waals surface area contributed by atoms with Crippen LogP contribution in [0.3, 0.4) is 0 Å². The number of nitrogens with zero attached hydrogens (tertiary/aromatic N) is 2. The van der Waals surface area contributed by atoms with Gasteiger partial charge in [0.15, 0.2) is 16.3 Å². The Kier molecular flexibility index (Phi) is 8.45. The first-order valence-corrected chi connectivity index (χ1v) is 14.2. The van der Waals surface area contributed by atoms with Crippen molar-refractivity contribution in [1.82, 2.24) is 4.57 Å². The molecule has 2 heterocycles. The van der Waals surface area contributed by atoms with Gasteiger partial charge in [-0.25, -0.2) is 14.2 Å². The average molecular weight is 573 g/mol.